The molecule has 0 radical (unpaired) electrons. The maximum absolute atomic E-state index is 11.1. The van der Waals surface area contributed by atoms with E-state index in [4.69, 9.17) is 5.11 Å². The topological polar surface area (TPSA) is 82.5 Å². The summed E-state index contributed by atoms with van der Waals surface area (Å²) in [6.07, 6.45) is 0.776. The molecule has 3 N–H and O–H groups in total. The van der Waals surface area contributed by atoms with Gasteiger partial charge in [0, 0.05) is 22.8 Å². The molecule has 0 amide bonds. The van der Waals surface area contributed by atoms with Gasteiger partial charge in [-0.3, -0.25) is 4.98 Å². The normalized spacial score (nSPS) is 12.3. The first-order chi connectivity index (χ1) is 9.55. The Labute approximate surface area is 117 Å². The number of aromatic carboxylic acids is 1. The molecule has 1 aromatic heterocycles. The van der Waals surface area contributed by atoms with Crippen molar-refractivity contribution < 1.29 is 15.0 Å². The molecule has 2 rings (SSSR count). The smallest absolute Gasteiger partial charge is 0.335 e. The van der Waals surface area contributed by atoms with Crippen LogP contribution in [0, 0.1) is 6.92 Å². The molecule has 1 atom stereocenters. The van der Waals surface area contributed by atoms with E-state index in [0.29, 0.717) is 0 Å². The number of nitrogens with zero attached hydrogens (tertiary/aromatic N) is 1. The van der Waals surface area contributed by atoms with Crippen LogP contribution in [0.1, 0.15) is 29.4 Å². The van der Waals surface area contributed by atoms with Crippen molar-refractivity contribution in [2.75, 3.05) is 11.9 Å². The number of rotatable bonds is 5. The molecular weight excluding hydrogens is 256 g/mol. The van der Waals surface area contributed by atoms with Crippen LogP contribution in [0.3, 0.4) is 0 Å². The molecule has 0 spiro atoms. The van der Waals surface area contributed by atoms with Gasteiger partial charge in [-0.1, -0.05) is 6.92 Å². The number of fused-ring (bicyclic) bond motifs is 1. The van der Waals surface area contributed by atoms with E-state index in [1.54, 1.807) is 18.2 Å². The molecule has 0 bridgehead atoms. The van der Waals surface area contributed by atoms with Crippen molar-refractivity contribution in [3.63, 3.8) is 0 Å². The van der Waals surface area contributed by atoms with Crippen LogP contribution in [0.2, 0.25) is 0 Å². The van der Waals surface area contributed by atoms with E-state index in [-0.39, 0.29) is 18.2 Å². The predicted octanol–water partition coefficient (Wildman–Crippen LogP) is 2.42. The number of hydrogen-bond donors (Lipinski definition) is 3. The first kappa shape index (κ1) is 14.3. The number of anilines is 1. The number of aromatic nitrogens is 1. The Morgan fingerprint density at radius 2 is 2.15 bits per heavy atom. The van der Waals surface area contributed by atoms with E-state index >= 15 is 0 Å². The summed E-state index contributed by atoms with van der Waals surface area (Å²) in [7, 11) is 0. The van der Waals surface area contributed by atoms with Crippen molar-refractivity contribution in [1.29, 1.82) is 0 Å². The zero-order chi connectivity index (χ0) is 14.7. The van der Waals surface area contributed by atoms with Gasteiger partial charge in [-0.15, -0.1) is 0 Å². The van der Waals surface area contributed by atoms with Gasteiger partial charge in [0.25, 0.3) is 0 Å². The zero-order valence-electron chi connectivity index (χ0n) is 11.6. The number of aryl methyl sites for hydroxylation is 1. The summed E-state index contributed by atoms with van der Waals surface area (Å²) in [4.78, 5) is 15.5. The lowest BCUT2D eigenvalue weighted by Crippen LogP contribution is -2.22. The average molecular weight is 274 g/mol. The number of aliphatic hydroxyl groups excluding tert-OH is 1. The zero-order valence-corrected chi connectivity index (χ0v) is 11.6. The van der Waals surface area contributed by atoms with Crippen molar-refractivity contribution in [1.82, 2.24) is 4.98 Å². The van der Waals surface area contributed by atoms with Crippen LogP contribution in [0.5, 0.6) is 0 Å². The standard InChI is InChI=1S/C15H18N2O3/c1-3-11(8-18)17-14-6-9(2)16-13-5-4-10(15(19)20)7-12(13)14/h4-7,11,18H,3,8H2,1-2H3,(H,16,17)(H,19,20)/t11-/m1/s1. The van der Waals surface area contributed by atoms with Gasteiger partial charge in [-0.05, 0) is 37.6 Å². The summed E-state index contributed by atoms with van der Waals surface area (Å²) in [5.41, 5.74) is 2.61. The maximum atomic E-state index is 11.1. The minimum atomic E-state index is -0.965. The lowest BCUT2D eigenvalue weighted by molar-refractivity contribution is 0.0697. The highest BCUT2D eigenvalue weighted by Gasteiger charge is 2.11. The van der Waals surface area contributed by atoms with Gasteiger partial charge >= 0.3 is 5.97 Å². The number of hydrogen-bond acceptors (Lipinski definition) is 4. The Hall–Kier alpha value is -2.14. The Bertz CT molecular complexity index is 636. The molecule has 0 aliphatic rings. The fourth-order valence-electron chi connectivity index (χ4n) is 2.11. The number of nitrogens with one attached hydrogen (secondary N) is 1. The summed E-state index contributed by atoms with van der Waals surface area (Å²) >= 11 is 0. The Morgan fingerprint density at radius 1 is 1.40 bits per heavy atom. The molecule has 0 unspecified atom stereocenters. The predicted molar refractivity (Wildman–Crippen MR) is 78.2 cm³/mol. The van der Waals surface area contributed by atoms with Crippen molar-refractivity contribution in [3.05, 3.63) is 35.5 Å². The average Bonchev–Trinajstić information content (AvgIpc) is 2.43. The van der Waals surface area contributed by atoms with Gasteiger partial charge < -0.3 is 15.5 Å². The molecule has 1 heterocycles. The van der Waals surface area contributed by atoms with Gasteiger partial charge in [0.15, 0.2) is 0 Å². The van der Waals surface area contributed by atoms with E-state index in [2.05, 4.69) is 10.3 Å². The van der Waals surface area contributed by atoms with Gasteiger partial charge in [-0.25, -0.2) is 4.79 Å². The molecule has 106 valence electrons. The van der Waals surface area contributed by atoms with Crippen molar-refractivity contribution >= 4 is 22.6 Å². The van der Waals surface area contributed by atoms with Crippen LogP contribution in [0.4, 0.5) is 5.69 Å². The van der Waals surface area contributed by atoms with E-state index in [9.17, 15) is 9.90 Å². The summed E-state index contributed by atoms with van der Waals surface area (Å²) in [5, 5.41) is 22.4. The third-order valence-corrected chi connectivity index (χ3v) is 3.26. The minimum absolute atomic E-state index is 0.0258. The van der Waals surface area contributed by atoms with E-state index < -0.39 is 5.97 Å². The highest BCUT2D eigenvalue weighted by atomic mass is 16.4. The Morgan fingerprint density at radius 3 is 2.75 bits per heavy atom. The van der Waals surface area contributed by atoms with Crippen LogP contribution >= 0.6 is 0 Å². The minimum Gasteiger partial charge on any atom is -0.478 e. The molecule has 5 nitrogen and oxygen atoms in total. The number of carboxylic acid groups (broad SMARTS) is 1. The summed E-state index contributed by atoms with van der Waals surface area (Å²) in [6.45, 7) is 3.89. The molecular formula is C15H18N2O3. The SMILES string of the molecule is CC[C@H](CO)Nc1cc(C)nc2ccc(C(=O)O)cc12. The quantitative estimate of drug-likeness (QED) is 0.780. The molecule has 0 saturated carbocycles. The molecule has 0 saturated heterocycles. The third kappa shape index (κ3) is 2.88. The summed E-state index contributed by atoms with van der Waals surface area (Å²) in [6, 6.07) is 6.66. The van der Waals surface area contributed by atoms with Gasteiger partial charge in [0.2, 0.25) is 0 Å². The second kappa shape index (κ2) is 5.88. The third-order valence-electron chi connectivity index (χ3n) is 3.26. The van der Waals surface area contributed by atoms with Crippen molar-refractivity contribution in [3.8, 4) is 0 Å². The second-order valence-electron chi connectivity index (χ2n) is 4.78. The second-order valence-corrected chi connectivity index (χ2v) is 4.78. The number of pyridine rings is 1. The number of carbonyl (C=O) groups is 1. The van der Waals surface area contributed by atoms with E-state index in [1.165, 1.54) is 0 Å². The molecule has 0 fully saturated rings. The summed E-state index contributed by atoms with van der Waals surface area (Å²) in [5.74, 6) is -0.965. The maximum Gasteiger partial charge on any atom is 0.335 e. The first-order valence-corrected chi connectivity index (χ1v) is 6.57. The summed E-state index contributed by atoms with van der Waals surface area (Å²) < 4.78 is 0. The van der Waals surface area contributed by atoms with Crippen LogP contribution in [-0.4, -0.2) is 33.8 Å². The van der Waals surface area contributed by atoms with E-state index in [1.807, 2.05) is 19.9 Å². The monoisotopic (exact) mass is 274 g/mol. The lowest BCUT2D eigenvalue weighted by Gasteiger charge is -2.17. The highest BCUT2D eigenvalue weighted by Crippen LogP contribution is 2.25. The van der Waals surface area contributed by atoms with Crippen LogP contribution in [0.25, 0.3) is 10.9 Å². The van der Waals surface area contributed by atoms with Crippen molar-refractivity contribution in [2.45, 2.75) is 26.3 Å². The highest BCUT2D eigenvalue weighted by molar-refractivity contribution is 5.98. The van der Waals surface area contributed by atoms with E-state index in [0.717, 1.165) is 28.7 Å². The van der Waals surface area contributed by atoms with Crippen LogP contribution in [0.15, 0.2) is 24.3 Å². The van der Waals surface area contributed by atoms with Crippen molar-refractivity contribution in [2.24, 2.45) is 0 Å². The molecule has 5 heteroatoms. The molecule has 2 aromatic rings. The number of aliphatic hydroxyl groups is 1. The van der Waals surface area contributed by atoms with Crippen LogP contribution in [-0.2, 0) is 0 Å². The molecule has 20 heavy (non-hydrogen) atoms. The molecule has 0 aliphatic carbocycles. The fourth-order valence-corrected chi connectivity index (χ4v) is 2.11. The van der Waals surface area contributed by atoms with Gasteiger partial charge in [0.1, 0.15) is 0 Å². The molecule has 1 aromatic carbocycles. The molecule has 0 aliphatic heterocycles. The Kier molecular flexibility index (Phi) is 4.20. The Balaban J connectivity index is 2.55. The van der Waals surface area contributed by atoms with Gasteiger partial charge in [0.05, 0.1) is 17.7 Å². The largest absolute Gasteiger partial charge is 0.478 e. The fraction of sp³-hybridized carbons (Fsp3) is 0.333. The number of carboxylic acids is 1. The first-order valence-electron chi connectivity index (χ1n) is 6.57. The lowest BCUT2D eigenvalue weighted by atomic mass is 10.1. The number of benzene rings is 1. The van der Waals surface area contributed by atoms with Crippen LogP contribution < -0.4 is 5.32 Å². The van der Waals surface area contributed by atoms with Gasteiger partial charge in [-0.2, -0.15) is 0 Å².